The Labute approximate surface area is 50.7 Å². The molecule has 0 aliphatic carbocycles. The Bertz CT molecular complexity index is 96.7. The van der Waals surface area contributed by atoms with Crippen LogP contribution in [0.5, 0.6) is 0 Å². The van der Waals surface area contributed by atoms with Gasteiger partial charge in [0.1, 0.15) is 0 Å². The van der Waals surface area contributed by atoms with Gasteiger partial charge >= 0.3 is 0 Å². The third-order valence-electron chi connectivity index (χ3n) is 0.887. The van der Waals surface area contributed by atoms with E-state index in [1.165, 1.54) is 0 Å². The largest absolute Gasteiger partial charge is 0.396 e. The van der Waals surface area contributed by atoms with E-state index in [2.05, 4.69) is 18.8 Å². The minimum atomic E-state index is 0.217. The van der Waals surface area contributed by atoms with Gasteiger partial charge in [-0.3, -0.25) is 0 Å². The van der Waals surface area contributed by atoms with E-state index in [0.29, 0.717) is 5.92 Å². The van der Waals surface area contributed by atoms with Crippen molar-refractivity contribution in [2.45, 2.75) is 13.3 Å². The fourth-order valence-corrected chi connectivity index (χ4v) is 0.311. The van der Waals surface area contributed by atoms with Crippen LogP contribution < -0.4 is 0 Å². The molecule has 0 aromatic heterocycles. The van der Waals surface area contributed by atoms with Gasteiger partial charge in [0.2, 0.25) is 0 Å². The molecular weight excluding hydrogens is 100 g/mol. The van der Waals surface area contributed by atoms with E-state index in [9.17, 15) is 0 Å². The SMILES string of the molecule is [CH2]C#CCC(C)CO. The highest BCUT2D eigenvalue weighted by Gasteiger charge is 1.93. The molecule has 0 aromatic rings. The summed E-state index contributed by atoms with van der Waals surface area (Å²) < 4.78 is 0. The van der Waals surface area contributed by atoms with E-state index in [-0.39, 0.29) is 6.61 Å². The summed E-state index contributed by atoms with van der Waals surface area (Å²) in [6.45, 7) is 5.51. The van der Waals surface area contributed by atoms with Crippen LogP contribution in [0.4, 0.5) is 0 Å². The van der Waals surface area contributed by atoms with E-state index < -0.39 is 0 Å². The van der Waals surface area contributed by atoms with Gasteiger partial charge in [-0.1, -0.05) is 6.92 Å². The molecule has 45 valence electrons. The van der Waals surface area contributed by atoms with Crippen molar-refractivity contribution in [3.05, 3.63) is 6.92 Å². The van der Waals surface area contributed by atoms with Gasteiger partial charge in [-0.25, -0.2) is 0 Å². The van der Waals surface area contributed by atoms with E-state index in [0.717, 1.165) is 6.42 Å². The van der Waals surface area contributed by atoms with Crippen molar-refractivity contribution in [3.63, 3.8) is 0 Å². The summed E-state index contributed by atoms with van der Waals surface area (Å²) in [5.74, 6) is 5.60. The normalized spacial score (nSPS) is 11.9. The summed E-state index contributed by atoms with van der Waals surface area (Å²) in [7, 11) is 0. The molecular formula is C7H11O. The molecule has 1 N–H and O–H groups in total. The van der Waals surface area contributed by atoms with Crippen LogP contribution in [0.25, 0.3) is 0 Å². The Morgan fingerprint density at radius 3 is 2.75 bits per heavy atom. The summed E-state index contributed by atoms with van der Waals surface area (Å²) >= 11 is 0. The maximum atomic E-state index is 8.47. The zero-order valence-electron chi connectivity index (χ0n) is 5.15. The summed E-state index contributed by atoms with van der Waals surface area (Å²) in [6, 6.07) is 0. The molecule has 1 atom stereocenters. The van der Waals surface area contributed by atoms with Gasteiger partial charge in [0.05, 0.1) is 0 Å². The lowest BCUT2D eigenvalue weighted by Crippen LogP contribution is -1.97. The Kier molecular flexibility index (Phi) is 4.39. The minimum absolute atomic E-state index is 0.217. The standard InChI is InChI=1S/C7H11O/c1-3-4-5-7(2)6-8/h7-8H,1,5-6H2,2H3. The molecule has 0 aliphatic heterocycles. The molecule has 0 aromatic carbocycles. The van der Waals surface area contributed by atoms with Crippen molar-refractivity contribution in [3.8, 4) is 11.8 Å². The van der Waals surface area contributed by atoms with Crippen molar-refractivity contribution >= 4 is 0 Å². The summed E-state index contributed by atoms with van der Waals surface area (Å²) in [6.07, 6.45) is 0.750. The van der Waals surface area contributed by atoms with E-state index in [1.807, 2.05) is 6.92 Å². The molecule has 1 unspecified atom stereocenters. The van der Waals surface area contributed by atoms with E-state index in [1.54, 1.807) is 0 Å². The number of hydrogen-bond donors (Lipinski definition) is 1. The third kappa shape index (κ3) is 3.70. The van der Waals surface area contributed by atoms with Crippen LogP contribution in [0, 0.1) is 24.7 Å². The number of rotatable bonds is 2. The molecule has 0 spiro atoms. The van der Waals surface area contributed by atoms with Gasteiger partial charge in [-0.15, -0.1) is 11.8 Å². The van der Waals surface area contributed by atoms with Crippen LogP contribution in [-0.4, -0.2) is 11.7 Å². The fourth-order valence-electron chi connectivity index (χ4n) is 0.311. The maximum Gasteiger partial charge on any atom is 0.0465 e. The van der Waals surface area contributed by atoms with Crippen molar-refractivity contribution in [1.82, 2.24) is 0 Å². The Hall–Kier alpha value is -0.480. The van der Waals surface area contributed by atoms with Crippen LogP contribution in [0.1, 0.15) is 13.3 Å². The molecule has 0 aliphatic rings. The van der Waals surface area contributed by atoms with Gasteiger partial charge in [0.15, 0.2) is 0 Å². The topological polar surface area (TPSA) is 20.2 Å². The van der Waals surface area contributed by atoms with Crippen LogP contribution in [0.2, 0.25) is 0 Å². The molecule has 8 heavy (non-hydrogen) atoms. The summed E-state index contributed by atoms with van der Waals surface area (Å²) in [5.41, 5.74) is 0. The molecule has 0 fully saturated rings. The number of hydrogen-bond acceptors (Lipinski definition) is 1. The Balaban J connectivity index is 3.19. The molecule has 0 bridgehead atoms. The van der Waals surface area contributed by atoms with Gasteiger partial charge in [0, 0.05) is 20.0 Å². The Morgan fingerprint density at radius 1 is 1.75 bits per heavy atom. The first-order valence-electron chi connectivity index (χ1n) is 2.67. The van der Waals surface area contributed by atoms with Crippen molar-refractivity contribution < 1.29 is 5.11 Å². The number of aliphatic hydroxyl groups excluding tert-OH is 1. The number of aliphatic hydroxyl groups is 1. The average Bonchev–Trinajstić information content (AvgIpc) is 1.83. The first-order valence-corrected chi connectivity index (χ1v) is 2.67. The van der Waals surface area contributed by atoms with Crippen LogP contribution in [-0.2, 0) is 0 Å². The van der Waals surface area contributed by atoms with Gasteiger partial charge < -0.3 is 5.11 Å². The highest BCUT2D eigenvalue weighted by Crippen LogP contribution is 1.96. The highest BCUT2D eigenvalue weighted by molar-refractivity contribution is 5.01. The second-order valence-electron chi connectivity index (χ2n) is 1.85. The highest BCUT2D eigenvalue weighted by atomic mass is 16.3. The van der Waals surface area contributed by atoms with Crippen molar-refractivity contribution in [2.75, 3.05) is 6.61 Å². The maximum absolute atomic E-state index is 8.47. The fraction of sp³-hybridized carbons (Fsp3) is 0.571. The van der Waals surface area contributed by atoms with E-state index in [4.69, 9.17) is 5.11 Å². The van der Waals surface area contributed by atoms with Crippen LogP contribution in [0.15, 0.2) is 0 Å². The summed E-state index contributed by atoms with van der Waals surface area (Å²) in [5, 5.41) is 8.47. The molecule has 0 rings (SSSR count). The monoisotopic (exact) mass is 111 g/mol. The third-order valence-corrected chi connectivity index (χ3v) is 0.887. The second-order valence-corrected chi connectivity index (χ2v) is 1.85. The average molecular weight is 111 g/mol. The van der Waals surface area contributed by atoms with Crippen molar-refractivity contribution in [1.29, 1.82) is 0 Å². The molecule has 1 radical (unpaired) electrons. The second kappa shape index (κ2) is 4.67. The van der Waals surface area contributed by atoms with Crippen LogP contribution >= 0.6 is 0 Å². The Morgan fingerprint density at radius 2 is 2.38 bits per heavy atom. The minimum Gasteiger partial charge on any atom is -0.396 e. The van der Waals surface area contributed by atoms with Crippen molar-refractivity contribution in [2.24, 2.45) is 5.92 Å². The molecule has 0 saturated heterocycles. The molecule has 1 nitrogen and oxygen atoms in total. The lowest BCUT2D eigenvalue weighted by molar-refractivity contribution is 0.240. The lowest BCUT2D eigenvalue weighted by atomic mass is 10.1. The lowest BCUT2D eigenvalue weighted by Gasteiger charge is -1.98. The zero-order chi connectivity index (χ0) is 6.41. The first-order chi connectivity index (χ1) is 3.81. The molecule has 0 saturated carbocycles. The molecule has 0 amide bonds. The van der Waals surface area contributed by atoms with E-state index >= 15 is 0 Å². The molecule has 0 heterocycles. The smallest absolute Gasteiger partial charge is 0.0465 e. The van der Waals surface area contributed by atoms with Gasteiger partial charge in [0.25, 0.3) is 0 Å². The molecule has 1 heteroatoms. The summed E-state index contributed by atoms with van der Waals surface area (Å²) in [4.78, 5) is 0. The quantitative estimate of drug-likeness (QED) is 0.523. The predicted molar refractivity (Wildman–Crippen MR) is 34.0 cm³/mol. The van der Waals surface area contributed by atoms with Gasteiger partial charge in [-0.05, 0) is 5.92 Å². The first kappa shape index (κ1) is 7.52. The zero-order valence-corrected chi connectivity index (χ0v) is 5.15. The predicted octanol–water partition coefficient (Wildman–Crippen LogP) is 0.842. The van der Waals surface area contributed by atoms with Crippen LogP contribution in [0.3, 0.4) is 0 Å². The van der Waals surface area contributed by atoms with Gasteiger partial charge in [-0.2, -0.15) is 0 Å².